The molecule has 2 heteroatoms. The van der Waals surface area contributed by atoms with Crippen LogP contribution in [-0.4, -0.2) is 9.67 Å². The number of aromatic nitrogens is 1. The summed E-state index contributed by atoms with van der Waals surface area (Å²) < 4.78 is 2.21. The highest BCUT2D eigenvalue weighted by molar-refractivity contribution is 6.07. The van der Waals surface area contributed by atoms with Gasteiger partial charge in [0.05, 0.1) is 6.26 Å². The van der Waals surface area contributed by atoms with Crippen molar-refractivity contribution in [1.82, 2.24) is 4.57 Å². The third-order valence-corrected chi connectivity index (χ3v) is 3.07. The van der Waals surface area contributed by atoms with Crippen molar-refractivity contribution in [3.8, 4) is 0 Å². The molecule has 3 rings (SSSR count). The predicted molar refractivity (Wildman–Crippen MR) is 71.2 cm³/mol. The minimum absolute atomic E-state index is 0.685. The van der Waals surface area contributed by atoms with E-state index in [2.05, 4.69) is 41.0 Å². The van der Waals surface area contributed by atoms with Crippen LogP contribution in [0.3, 0.4) is 0 Å². The minimum Gasteiger partial charge on any atom is -0.516 e. The zero-order valence-electron chi connectivity index (χ0n) is 9.38. The molecule has 17 heavy (non-hydrogen) atoms. The predicted octanol–water partition coefficient (Wildman–Crippen LogP) is 3.87. The zero-order chi connectivity index (χ0) is 11.7. The van der Waals surface area contributed by atoms with E-state index < -0.39 is 0 Å². The number of benzene rings is 2. The molecule has 2 nitrogen and oxygen atoms in total. The fourth-order valence-electron chi connectivity index (χ4n) is 2.35. The van der Waals surface area contributed by atoms with Gasteiger partial charge in [0.1, 0.15) is 0 Å². The summed E-state index contributed by atoms with van der Waals surface area (Å²) in [5, 5.41) is 11.3. The Morgan fingerprint density at radius 1 is 0.882 bits per heavy atom. The first-order chi connectivity index (χ1) is 8.42. The largest absolute Gasteiger partial charge is 0.516 e. The van der Waals surface area contributed by atoms with Gasteiger partial charge in [-0.3, -0.25) is 0 Å². The van der Waals surface area contributed by atoms with Crippen molar-refractivity contribution in [2.45, 2.75) is 6.54 Å². The molecule has 0 unspecified atom stereocenters. The topological polar surface area (TPSA) is 25.2 Å². The van der Waals surface area contributed by atoms with Gasteiger partial charge in [0.2, 0.25) is 0 Å². The summed E-state index contributed by atoms with van der Waals surface area (Å²) in [6.07, 6.45) is 2.85. The molecule has 1 aromatic heterocycles. The van der Waals surface area contributed by atoms with Gasteiger partial charge in [0.25, 0.3) is 0 Å². The van der Waals surface area contributed by atoms with Crippen LogP contribution in [0.25, 0.3) is 21.8 Å². The summed E-state index contributed by atoms with van der Waals surface area (Å²) in [5.74, 6) is 0. The van der Waals surface area contributed by atoms with Gasteiger partial charge < -0.3 is 9.67 Å². The van der Waals surface area contributed by atoms with Gasteiger partial charge in [-0.2, -0.15) is 0 Å². The normalized spacial score (nSPS) is 11.8. The maximum absolute atomic E-state index is 8.82. The molecule has 0 amide bonds. The average molecular weight is 223 g/mol. The monoisotopic (exact) mass is 223 g/mol. The zero-order valence-corrected chi connectivity index (χ0v) is 9.38. The first-order valence-electron chi connectivity index (χ1n) is 5.67. The smallest absolute Gasteiger partial charge is 0.0769 e. The summed E-state index contributed by atoms with van der Waals surface area (Å²) >= 11 is 0. The highest BCUT2D eigenvalue weighted by Gasteiger charge is 2.07. The van der Waals surface area contributed by atoms with Crippen LogP contribution in [0.5, 0.6) is 0 Å². The first-order valence-corrected chi connectivity index (χ1v) is 5.67. The molecule has 0 atom stereocenters. The van der Waals surface area contributed by atoms with Crippen LogP contribution in [0.1, 0.15) is 0 Å². The second-order valence-electron chi connectivity index (χ2n) is 4.03. The Bertz CT molecular complexity index is 641. The minimum atomic E-state index is 0.685. The van der Waals surface area contributed by atoms with Gasteiger partial charge in [0, 0.05) is 28.4 Å². The maximum Gasteiger partial charge on any atom is 0.0769 e. The second kappa shape index (κ2) is 3.98. The van der Waals surface area contributed by atoms with E-state index in [1.54, 1.807) is 6.08 Å². The number of allylic oxidation sites excluding steroid dienone is 1. The summed E-state index contributed by atoms with van der Waals surface area (Å²) in [7, 11) is 0. The standard InChI is InChI=1S/C15H13NO/c17-11-5-10-16-14-8-3-1-6-12(14)13-7-2-4-9-15(13)16/h1-9,11,17H,10H2. The Morgan fingerprint density at radius 2 is 1.41 bits per heavy atom. The SMILES string of the molecule is OC=CCn1c2ccccc2c2ccccc21. The molecular formula is C15H13NO. The van der Waals surface area contributed by atoms with Gasteiger partial charge in [0.15, 0.2) is 0 Å². The van der Waals surface area contributed by atoms with Crippen molar-refractivity contribution in [3.05, 3.63) is 60.9 Å². The van der Waals surface area contributed by atoms with E-state index in [0.29, 0.717) is 6.54 Å². The lowest BCUT2D eigenvalue weighted by Gasteiger charge is -2.02. The first kappa shape index (κ1) is 9.97. The summed E-state index contributed by atoms with van der Waals surface area (Å²) in [6.45, 7) is 0.685. The van der Waals surface area contributed by atoms with Gasteiger partial charge in [-0.25, -0.2) is 0 Å². The lowest BCUT2D eigenvalue weighted by atomic mass is 10.2. The number of hydrogen-bond donors (Lipinski definition) is 1. The van der Waals surface area contributed by atoms with E-state index in [9.17, 15) is 0 Å². The molecule has 0 aliphatic heterocycles. The third kappa shape index (κ3) is 1.49. The Balaban J connectivity index is 2.41. The molecule has 0 aliphatic carbocycles. The highest BCUT2D eigenvalue weighted by atomic mass is 16.2. The molecule has 0 saturated carbocycles. The van der Waals surface area contributed by atoms with Crippen molar-refractivity contribution in [3.63, 3.8) is 0 Å². The van der Waals surface area contributed by atoms with Crippen LogP contribution < -0.4 is 0 Å². The van der Waals surface area contributed by atoms with Crippen molar-refractivity contribution >= 4 is 21.8 Å². The average Bonchev–Trinajstić information content (AvgIpc) is 2.71. The number of para-hydroxylation sites is 2. The van der Waals surface area contributed by atoms with Crippen LogP contribution in [0.2, 0.25) is 0 Å². The number of hydrogen-bond acceptors (Lipinski definition) is 1. The molecule has 84 valence electrons. The third-order valence-electron chi connectivity index (χ3n) is 3.07. The van der Waals surface area contributed by atoms with Gasteiger partial charge in [-0.15, -0.1) is 0 Å². The Hall–Kier alpha value is -2.22. The molecule has 2 aromatic carbocycles. The van der Waals surface area contributed by atoms with Crippen LogP contribution in [-0.2, 0) is 6.54 Å². The Morgan fingerprint density at radius 3 is 1.94 bits per heavy atom. The summed E-state index contributed by atoms with van der Waals surface area (Å²) in [4.78, 5) is 0. The molecule has 1 N–H and O–H groups in total. The maximum atomic E-state index is 8.82. The molecular weight excluding hydrogens is 210 g/mol. The molecule has 0 fully saturated rings. The number of nitrogens with zero attached hydrogens (tertiary/aromatic N) is 1. The van der Waals surface area contributed by atoms with Crippen LogP contribution in [0.15, 0.2) is 60.9 Å². The Kier molecular flexibility index (Phi) is 2.33. The molecule has 0 radical (unpaired) electrons. The van der Waals surface area contributed by atoms with E-state index in [1.807, 2.05) is 12.1 Å². The van der Waals surface area contributed by atoms with E-state index in [0.717, 1.165) is 6.26 Å². The van der Waals surface area contributed by atoms with E-state index in [1.165, 1.54) is 21.8 Å². The van der Waals surface area contributed by atoms with E-state index in [4.69, 9.17) is 5.11 Å². The fraction of sp³-hybridized carbons (Fsp3) is 0.0667. The van der Waals surface area contributed by atoms with Crippen molar-refractivity contribution in [2.75, 3.05) is 0 Å². The van der Waals surface area contributed by atoms with Crippen LogP contribution in [0.4, 0.5) is 0 Å². The van der Waals surface area contributed by atoms with Gasteiger partial charge in [-0.05, 0) is 18.2 Å². The number of fused-ring (bicyclic) bond motifs is 3. The molecule has 3 aromatic rings. The number of aliphatic hydroxyl groups is 1. The fourth-order valence-corrected chi connectivity index (χ4v) is 2.35. The summed E-state index contributed by atoms with van der Waals surface area (Å²) in [5.41, 5.74) is 2.40. The van der Waals surface area contributed by atoms with Crippen LogP contribution in [0, 0.1) is 0 Å². The van der Waals surface area contributed by atoms with E-state index >= 15 is 0 Å². The van der Waals surface area contributed by atoms with Crippen molar-refractivity contribution < 1.29 is 5.11 Å². The molecule has 0 spiro atoms. The molecule has 0 saturated heterocycles. The van der Waals surface area contributed by atoms with E-state index in [-0.39, 0.29) is 0 Å². The number of rotatable bonds is 2. The van der Waals surface area contributed by atoms with Gasteiger partial charge in [-0.1, -0.05) is 36.4 Å². The Labute approximate surface area is 99.4 Å². The lowest BCUT2D eigenvalue weighted by Crippen LogP contribution is -1.93. The quantitative estimate of drug-likeness (QED) is 0.655. The second-order valence-corrected chi connectivity index (χ2v) is 4.03. The molecule has 0 aliphatic rings. The van der Waals surface area contributed by atoms with Crippen molar-refractivity contribution in [1.29, 1.82) is 0 Å². The van der Waals surface area contributed by atoms with Crippen molar-refractivity contribution in [2.24, 2.45) is 0 Å². The highest BCUT2D eigenvalue weighted by Crippen LogP contribution is 2.28. The van der Waals surface area contributed by atoms with Gasteiger partial charge >= 0.3 is 0 Å². The molecule has 0 bridgehead atoms. The van der Waals surface area contributed by atoms with Crippen LogP contribution >= 0.6 is 0 Å². The molecule has 1 heterocycles. The number of aliphatic hydroxyl groups excluding tert-OH is 1. The lowest BCUT2D eigenvalue weighted by molar-refractivity contribution is 0.470. The summed E-state index contributed by atoms with van der Waals surface area (Å²) in [6, 6.07) is 16.7.